The zero-order chi connectivity index (χ0) is 56.7. The molecule has 5 N–H and O–H groups in total. The lowest BCUT2D eigenvalue weighted by atomic mass is 9.85. The van der Waals surface area contributed by atoms with Gasteiger partial charge < -0.3 is 49.6 Å². The number of likely N-dealkylation sites (tertiary alicyclic amines) is 1. The zero-order valence-corrected chi connectivity index (χ0v) is 47.5. The van der Waals surface area contributed by atoms with Crippen molar-refractivity contribution in [1.82, 2.24) is 55.7 Å². The number of hydrogen-bond acceptors (Lipinski definition) is 17. The van der Waals surface area contributed by atoms with Gasteiger partial charge in [0.1, 0.15) is 54.1 Å². The van der Waals surface area contributed by atoms with Crippen LogP contribution < -0.4 is 40.3 Å². The van der Waals surface area contributed by atoms with Crippen molar-refractivity contribution >= 4 is 63.1 Å². The molecule has 9 heterocycles. The summed E-state index contributed by atoms with van der Waals surface area (Å²) in [5.41, 5.74) is 7.85. The highest BCUT2D eigenvalue weighted by molar-refractivity contribution is 7.13. The monoisotopic (exact) mass is 1150 g/mol. The number of carbonyl (C=O) groups is 2. The Balaban J connectivity index is 0.792. The van der Waals surface area contributed by atoms with Crippen LogP contribution in [-0.2, 0) is 20.9 Å². The Kier molecular flexibility index (Phi) is 14.5. The van der Waals surface area contributed by atoms with Gasteiger partial charge in [0.2, 0.25) is 11.8 Å². The highest BCUT2D eigenvalue weighted by Gasteiger charge is 2.52. The van der Waals surface area contributed by atoms with E-state index in [9.17, 15) is 19.8 Å². The summed E-state index contributed by atoms with van der Waals surface area (Å²) in [4.78, 5) is 48.2. The van der Waals surface area contributed by atoms with Crippen LogP contribution in [0.25, 0.3) is 44.3 Å². The molecule has 3 aromatic carbocycles. The summed E-state index contributed by atoms with van der Waals surface area (Å²) in [6, 6.07) is 13.0. The van der Waals surface area contributed by atoms with Crippen molar-refractivity contribution in [3.8, 4) is 39.2 Å². The Morgan fingerprint density at radius 2 is 1.83 bits per heavy atom. The van der Waals surface area contributed by atoms with Gasteiger partial charge in [-0.3, -0.25) is 14.7 Å². The van der Waals surface area contributed by atoms with E-state index < -0.39 is 48.1 Å². The van der Waals surface area contributed by atoms with Gasteiger partial charge in [0.15, 0.2) is 11.5 Å². The molecule has 10 atom stereocenters. The van der Waals surface area contributed by atoms with Crippen molar-refractivity contribution in [3.63, 3.8) is 0 Å². The average molecular weight is 1160 g/mol. The molecule has 13 rings (SSSR count). The van der Waals surface area contributed by atoms with E-state index in [1.54, 1.807) is 17.9 Å². The minimum atomic E-state index is -1.38. The fourth-order valence-corrected chi connectivity index (χ4v) is 14.1. The topological polar surface area (TPSA) is 240 Å². The molecular weight excluding hydrogens is 1090 g/mol. The first kappa shape index (κ1) is 54.2. The number of piperazine rings is 1. The summed E-state index contributed by atoms with van der Waals surface area (Å²) in [7, 11) is 0. The molecule has 2 bridgehead atoms. The van der Waals surface area contributed by atoms with Gasteiger partial charge in [0.05, 0.1) is 82.2 Å². The van der Waals surface area contributed by atoms with Gasteiger partial charge >= 0.3 is 6.01 Å². The Bertz CT molecular complexity index is 3710. The number of aliphatic hydroxyl groups is 2. The number of fused-ring (bicyclic) bond motifs is 7. The molecule has 4 aromatic heterocycles. The maximum absolute atomic E-state index is 16.3. The number of halogens is 2. The summed E-state index contributed by atoms with van der Waals surface area (Å²) < 4.78 is 44.1. The molecule has 5 aliphatic heterocycles. The number of benzene rings is 3. The predicted octanol–water partition coefficient (Wildman–Crippen LogP) is 5.51. The number of H-pyrrole nitrogens is 1. The van der Waals surface area contributed by atoms with Gasteiger partial charge in [0, 0.05) is 66.7 Å². The van der Waals surface area contributed by atoms with Crippen molar-refractivity contribution in [2.45, 2.75) is 128 Å². The first-order chi connectivity index (χ1) is 39.7. The summed E-state index contributed by atoms with van der Waals surface area (Å²) in [6.07, 6.45) is 4.44. The third-order valence-electron chi connectivity index (χ3n) is 17.2. The number of β-amino-alcohol motifs (C(OH)–C–C–N with tert-alkyl or cyclic N) is 1. The van der Waals surface area contributed by atoms with E-state index in [1.165, 1.54) is 27.0 Å². The Morgan fingerprint density at radius 1 is 1.05 bits per heavy atom. The highest BCUT2D eigenvalue weighted by Crippen LogP contribution is 2.54. The number of aryl methyl sites for hydroxylation is 1. The van der Waals surface area contributed by atoms with Crippen LogP contribution in [0.2, 0.25) is 5.02 Å². The van der Waals surface area contributed by atoms with Crippen LogP contribution in [0.3, 0.4) is 0 Å². The van der Waals surface area contributed by atoms with Crippen molar-refractivity contribution in [3.05, 3.63) is 104 Å². The molecule has 20 nitrogen and oxygen atoms in total. The minimum absolute atomic E-state index is 0.0334. The van der Waals surface area contributed by atoms with Gasteiger partial charge in [-0.15, -0.1) is 16.4 Å². The Labute approximate surface area is 480 Å². The number of nitrogens with one attached hydrogen (secondary N) is 3. The van der Waals surface area contributed by atoms with E-state index in [1.807, 2.05) is 76.2 Å². The lowest BCUT2D eigenvalue weighted by molar-refractivity contribution is -0.142. The van der Waals surface area contributed by atoms with Crippen LogP contribution >= 0.6 is 22.9 Å². The molecular formula is C59H64ClFN12O8S. The van der Waals surface area contributed by atoms with Gasteiger partial charge in [-0.1, -0.05) is 86.1 Å². The molecule has 2 amide bonds. The number of ether oxygens (including phenoxy) is 4. The van der Waals surface area contributed by atoms with Crippen molar-refractivity contribution in [2.24, 2.45) is 11.8 Å². The number of carbonyl (C=O) groups excluding carboxylic acids is 2. The molecule has 0 saturated carbocycles. The maximum Gasteiger partial charge on any atom is 0.319 e. The Morgan fingerprint density at radius 3 is 2.57 bits per heavy atom. The van der Waals surface area contributed by atoms with Gasteiger partial charge in [-0.2, -0.15) is 15.1 Å². The second-order valence-corrected chi connectivity index (χ2v) is 24.0. The first-order valence-electron chi connectivity index (χ1n) is 28.2. The lowest BCUT2D eigenvalue weighted by Crippen LogP contribution is -2.57. The Hall–Kier alpha value is -7.08. The number of nitrogens with zero attached hydrogens (tertiary/aromatic N) is 9. The SMILES string of the molecule is Cc1ncsc1-c1ccc([C@H](CO)NC(=O)[C@@H]2C[C@@H](O)CN2C(=O)[C@H](C(C)C)n2cc(-c3ccc(COc4c(C5=c6cn[nH]c6=CC(F)C5C)c(Cl)c5c6c(nc(OC7CCOCC7)nc46)N4C([C@@H]6C[C@H]4CN6)[C@H](C)O5)cc3)nn2)cc1. The van der Waals surface area contributed by atoms with E-state index in [-0.39, 0.29) is 73.5 Å². The van der Waals surface area contributed by atoms with E-state index in [0.29, 0.717) is 92.8 Å². The molecule has 6 aliphatic rings. The smallest absolute Gasteiger partial charge is 0.319 e. The van der Waals surface area contributed by atoms with Crippen LogP contribution in [0.4, 0.5) is 10.2 Å². The van der Waals surface area contributed by atoms with Crippen LogP contribution in [-0.4, -0.2) is 149 Å². The number of aliphatic hydroxyl groups excluding tert-OH is 2. The van der Waals surface area contributed by atoms with E-state index in [2.05, 4.69) is 48.0 Å². The summed E-state index contributed by atoms with van der Waals surface area (Å²) >= 11 is 9.26. The molecule has 0 spiro atoms. The van der Waals surface area contributed by atoms with Crippen molar-refractivity contribution in [1.29, 1.82) is 0 Å². The molecule has 428 valence electrons. The summed E-state index contributed by atoms with van der Waals surface area (Å²) in [5.74, 6) is -0.449. The number of aromatic nitrogens is 8. The third kappa shape index (κ3) is 9.63. The van der Waals surface area contributed by atoms with E-state index >= 15 is 4.39 Å². The maximum atomic E-state index is 16.3. The molecule has 1 aliphatic carbocycles. The molecule has 23 heteroatoms. The fourth-order valence-electron chi connectivity index (χ4n) is 13.0. The molecule has 4 fully saturated rings. The van der Waals surface area contributed by atoms with Crippen molar-refractivity contribution < 1.29 is 43.1 Å². The number of thiazole rings is 1. The number of hydrogen-bond donors (Lipinski definition) is 5. The predicted molar refractivity (Wildman–Crippen MR) is 304 cm³/mol. The molecule has 82 heavy (non-hydrogen) atoms. The average Bonchev–Trinajstić information content (AvgIpc) is 3.57. The molecule has 3 unspecified atom stereocenters. The largest absolute Gasteiger partial charge is 0.486 e. The number of anilines is 1. The van der Waals surface area contributed by atoms with Crippen LogP contribution in [0, 0.1) is 18.8 Å². The molecule has 7 aromatic rings. The quantitative estimate of drug-likeness (QED) is 0.0851. The zero-order valence-electron chi connectivity index (χ0n) is 46.0. The van der Waals surface area contributed by atoms with Gasteiger partial charge in [-0.05, 0) is 54.5 Å². The van der Waals surface area contributed by atoms with Gasteiger partial charge in [0.25, 0.3) is 0 Å². The number of aromatic amines is 1. The summed E-state index contributed by atoms with van der Waals surface area (Å²) in [6.45, 7) is 11.1. The van der Waals surface area contributed by atoms with Crippen LogP contribution in [0.5, 0.6) is 17.5 Å². The third-order valence-corrected chi connectivity index (χ3v) is 18.5. The standard InChI is InChI=1S/C59H64ClFN12O8S/c1-28(2)51(58(77)71-23-37(75)19-45(71)57(76)65-44(25-74)34-10-12-35(13-11-34)55-30(4)63-27-82-55)72-24-43(69-70-72)33-8-6-32(7-9-33)26-79-54-47(46-29(3)40(61)20-41-39(46)22-64-68-41)49(60)53-48-50(54)66-59(81-38-14-16-78-17-15-38)67-56(48)73-36-18-42(62-21-36)52(73)31(5)80-53/h6-13,20,22,24,27-29,31,36-38,40,42,44-45,51-52,62,68,74-75H,14-19,21,23,25-26H2,1-5H3,(H,65,76)/t29?,31-,36-,37+,40?,42-,44-,45-,51-,52?/m0/s1. The second-order valence-electron chi connectivity index (χ2n) is 22.8. The van der Waals surface area contributed by atoms with Crippen LogP contribution in [0.1, 0.15) is 87.8 Å². The fraction of sp³-hybridized carbons (Fsp3) is 0.458. The van der Waals surface area contributed by atoms with Gasteiger partial charge in [-0.25, -0.2) is 14.1 Å². The second kappa shape index (κ2) is 21.9. The molecule has 4 saturated heterocycles. The minimum Gasteiger partial charge on any atom is -0.486 e. The van der Waals surface area contributed by atoms with E-state index in [0.717, 1.165) is 34.7 Å². The molecule has 0 radical (unpaired) electrons. The lowest BCUT2D eigenvalue weighted by Gasteiger charge is -2.38. The van der Waals surface area contributed by atoms with Crippen molar-refractivity contribution in [2.75, 3.05) is 37.8 Å². The normalized spacial score (nSPS) is 24.7. The number of alkyl halides is 1. The summed E-state index contributed by atoms with van der Waals surface area (Å²) in [5, 5.41) is 46.3. The van der Waals surface area contributed by atoms with Crippen LogP contribution in [0.15, 0.2) is 66.4 Å². The first-order valence-corrected chi connectivity index (χ1v) is 29.4. The number of amides is 2. The number of rotatable bonds is 15. The highest BCUT2D eigenvalue weighted by atomic mass is 35.5. The van der Waals surface area contributed by atoms with E-state index in [4.69, 9.17) is 40.5 Å².